The van der Waals surface area contributed by atoms with Gasteiger partial charge in [-0.15, -0.1) is 28.3 Å². The van der Waals surface area contributed by atoms with E-state index in [0.717, 1.165) is 17.7 Å². The molecule has 0 aliphatic heterocycles. The Morgan fingerprint density at radius 3 is 2.58 bits per heavy atom. The van der Waals surface area contributed by atoms with Crippen molar-refractivity contribution >= 4 is 33.4 Å². The molecule has 0 aliphatic carbocycles. The molecule has 0 fully saturated rings. The Balaban J connectivity index is 0.00000180. The molecule has 0 amide bonds. The van der Waals surface area contributed by atoms with E-state index in [-0.39, 0.29) is 28.1 Å². The van der Waals surface area contributed by atoms with Crippen molar-refractivity contribution in [3.8, 4) is 17.0 Å². The van der Waals surface area contributed by atoms with Gasteiger partial charge < -0.3 is 10.8 Å². The number of phenols is 1. The van der Waals surface area contributed by atoms with Crippen LogP contribution in [0.2, 0.25) is 0 Å². The lowest BCUT2D eigenvalue weighted by Crippen LogP contribution is -2.15. The van der Waals surface area contributed by atoms with E-state index in [2.05, 4.69) is 25.8 Å². The van der Waals surface area contributed by atoms with Gasteiger partial charge in [-0.3, -0.25) is 0 Å². The predicted octanol–water partition coefficient (Wildman–Crippen LogP) is 4.36. The minimum absolute atomic E-state index is 0. The molecule has 1 aromatic carbocycles. The molecule has 19 heavy (non-hydrogen) atoms. The summed E-state index contributed by atoms with van der Waals surface area (Å²) in [5.74, 6) is 0.246. The van der Waals surface area contributed by atoms with Gasteiger partial charge in [0.2, 0.25) is 0 Å². The van der Waals surface area contributed by atoms with Crippen molar-refractivity contribution in [2.75, 3.05) is 5.73 Å². The highest BCUT2D eigenvalue weighted by molar-refractivity contribution is 8.93. The van der Waals surface area contributed by atoms with Crippen LogP contribution in [0, 0.1) is 0 Å². The minimum Gasteiger partial charge on any atom is -0.507 e. The fraction of sp³-hybridized carbons (Fsp3) is 0.357. The standard InChI is InChI=1S/C14H18N2OS.BrH/c1-4-14(2,3)9-5-6-12(17)10(7-9)11-8-18-13(15)16-11;/h5-8,17H,4H2,1-3H3,(H2,15,16);1H. The smallest absolute Gasteiger partial charge is 0.180 e. The summed E-state index contributed by atoms with van der Waals surface area (Å²) in [6, 6.07) is 5.71. The summed E-state index contributed by atoms with van der Waals surface area (Å²) >= 11 is 1.38. The normalized spacial score (nSPS) is 11.1. The van der Waals surface area contributed by atoms with Crippen LogP contribution in [0.3, 0.4) is 0 Å². The monoisotopic (exact) mass is 342 g/mol. The molecule has 1 aromatic heterocycles. The lowest BCUT2D eigenvalue weighted by molar-refractivity contribution is 0.473. The van der Waals surface area contributed by atoms with Gasteiger partial charge in [-0.25, -0.2) is 4.98 Å². The Labute approximate surface area is 128 Å². The number of hydrogen-bond donors (Lipinski definition) is 2. The van der Waals surface area contributed by atoms with Crippen LogP contribution in [0.25, 0.3) is 11.3 Å². The first-order valence-electron chi connectivity index (χ1n) is 5.99. The van der Waals surface area contributed by atoms with E-state index in [0.29, 0.717) is 5.13 Å². The third kappa shape index (κ3) is 3.28. The Morgan fingerprint density at radius 2 is 2.05 bits per heavy atom. The first-order chi connectivity index (χ1) is 8.44. The van der Waals surface area contributed by atoms with E-state index in [9.17, 15) is 5.11 Å². The first-order valence-corrected chi connectivity index (χ1v) is 6.87. The Bertz CT molecular complexity index is 566. The van der Waals surface area contributed by atoms with E-state index in [4.69, 9.17) is 5.73 Å². The summed E-state index contributed by atoms with van der Waals surface area (Å²) < 4.78 is 0. The number of halogens is 1. The molecular formula is C14H19BrN2OS. The predicted molar refractivity (Wildman–Crippen MR) is 87.3 cm³/mol. The zero-order valence-corrected chi connectivity index (χ0v) is 13.8. The average Bonchev–Trinajstić information content (AvgIpc) is 2.76. The number of aromatic nitrogens is 1. The zero-order valence-electron chi connectivity index (χ0n) is 11.3. The van der Waals surface area contributed by atoms with E-state index in [1.807, 2.05) is 17.5 Å². The minimum atomic E-state index is 0. The second kappa shape index (κ2) is 5.92. The number of nitrogen functional groups attached to an aromatic ring is 1. The van der Waals surface area contributed by atoms with Crippen LogP contribution >= 0.6 is 28.3 Å². The molecule has 2 rings (SSSR count). The van der Waals surface area contributed by atoms with Gasteiger partial charge >= 0.3 is 0 Å². The maximum Gasteiger partial charge on any atom is 0.180 e. The lowest BCUT2D eigenvalue weighted by atomic mass is 9.81. The highest BCUT2D eigenvalue weighted by Crippen LogP contribution is 2.36. The number of hydrogen-bond acceptors (Lipinski definition) is 4. The summed E-state index contributed by atoms with van der Waals surface area (Å²) in [5, 5.41) is 12.3. The van der Waals surface area contributed by atoms with E-state index >= 15 is 0 Å². The van der Waals surface area contributed by atoms with Gasteiger partial charge in [-0.2, -0.15) is 0 Å². The van der Waals surface area contributed by atoms with Crippen LogP contribution in [0.1, 0.15) is 32.8 Å². The molecular weight excluding hydrogens is 324 g/mol. The lowest BCUT2D eigenvalue weighted by Gasteiger charge is -2.24. The molecule has 3 nitrogen and oxygen atoms in total. The van der Waals surface area contributed by atoms with Gasteiger partial charge in [0, 0.05) is 10.9 Å². The Morgan fingerprint density at radius 1 is 1.37 bits per heavy atom. The summed E-state index contributed by atoms with van der Waals surface area (Å²) in [6.07, 6.45) is 1.04. The topological polar surface area (TPSA) is 59.1 Å². The molecule has 2 aromatic rings. The number of rotatable bonds is 3. The summed E-state index contributed by atoms with van der Waals surface area (Å²) in [7, 11) is 0. The number of thiazole rings is 1. The first kappa shape index (κ1) is 16.0. The van der Waals surface area contributed by atoms with Crippen LogP contribution in [-0.4, -0.2) is 10.1 Å². The average molecular weight is 343 g/mol. The molecule has 0 unspecified atom stereocenters. The summed E-state index contributed by atoms with van der Waals surface area (Å²) in [5.41, 5.74) is 8.42. The molecule has 0 saturated heterocycles. The van der Waals surface area contributed by atoms with Gasteiger partial charge in [0.1, 0.15) is 5.75 Å². The van der Waals surface area contributed by atoms with Crippen molar-refractivity contribution < 1.29 is 5.11 Å². The van der Waals surface area contributed by atoms with Gasteiger partial charge in [0.05, 0.1) is 5.69 Å². The van der Waals surface area contributed by atoms with E-state index in [1.54, 1.807) is 6.07 Å². The molecule has 1 heterocycles. The molecule has 0 atom stereocenters. The maximum absolute atomic E-state index is 9.96. The molecule has 104 valence electrons. The zero-order chi connectivity index (χ0) is 13.3. The van der Waals surface area contributed by atoms with Crippen LogP contribution in [0.5, 0.6) is 5.75 Å². The molecule has 0 radical (unpaired) electrons. The second-order valence-electron chi connectivity index (χ2n) is 5.04. The van der Waals surface area contributed by atoms with Gasteiger partial charge in [0.15, 0.2) is 5.13 Å². The summed E-state index contributed by atoms with van der Waals surface area (Å²) in [6.45, 7) is 6.55. The van der Waals surface area contributed by atoms with E-state index < -0.39 is 0 Å². The molecule has 0 saturated carbocycles. The molecule has 0 bridgehead atoms. The van der Waals surface area contributed by atoms with Crippen molar-refractivity contribution in [2.24, 2.45) is 0 Å². The van der Waals surface area contributed by atoms with Crippen molar-refractivity contribution in [2.45, 2.75) is 32.6 Å². The number of nitrogens with two attached hydrogens (primary N) is 1. The third-order valence-electron chi connectivity index (χ3n) is 3.46. The SMILES string of the molecule is Br.CCC(C)(C)c1ccc(O)c(-c2csc(N)n2)c1. The fourth-order valence-corrected chi connectivity index (χ4v) is 2.34. The van der Waals surface area contributed by atoms with Crippen LogP contribution < -0.4 is 5.73 Å². The van der Waals surface area contributed by atoms with Crippen molar-refractivity contribution in [3.05, 3.63) is 29.1 Å². The van der Waals surface area contributed by atoms with Crippen LogP contribution in [0.4, 0.5) is 5.13 Å². The molecule has 0 aliphatic rings. The third-order valence-corrected chi connectivity index (χ3v) is 4.13. The van der Waals surface area contributed by atoms with Gasteiger partial charge in [-0.05, 0) is 29.5 Å². The number of phenolic OH excluding ortho intramolecular Hbond substituents is 1. The van der Waals surface area contributed by atoms with Crippen LogP contribution in [-0.2, 0) is 5.41 Å². The fourth-order valence-electron chi connectivity index (χ4n) is 1.78. The summed E-state index contributed by atoms with van der Waals surface area (Å²) in [4.78, 5) is 4.23. The number of anilines is 1. The highest BCUT2D eigenvalue weighted by Gasteiger charge is 2.20. The molecule has 5 heteroatoms. The number of benzene rings is 1. The Hall–Kier alpha value is -1.07. The van der Waals surface area contributed by atoms with Crippen molar-refractivity contribution in [3.63, 3.8) is 0 Å². The van der Waals surface area contributed by atoms with E-state index in [1.165, 1.54) is 16.9 Å². The largest absolute Gasteiger partial charge is 0.507 e. The quantitative estimate of drug-likeness (QED) is 0.870. The Kier molecular flexibility index (Phi) is 4.98. The van der Waals surface area contributed by atoms with Crippen LogP contribution in [0.15, 0.2) is 23.6 Å². The van der Waals surface area contributed by atoms with Gasteiger partial charge in [-0.1, -0.05) is 26.8 Å². The maximum atomic E-state index is 9.96. The van der Waals surface area contributed by atoms with Crippen molar-refractivity contribution in [1.29, 1.82) is 0 Å². The number of aromatic hydroxyl groups is 1. The van der Waals surface area contributed by atoms with Crippen molar-refractivity contribution in [1.82, 2.24) is 4.98 Å². The number of nitrogens with zero attached hydrogens (tertiary/aromatic N) is 1. The molecule has 3 N–H and O–H groups in total. The van der Waals surface area contributed by atoms with Gasteiger partial charge in [0.25, 0.3) is 0 Å². The molecule has 0 spiro atoms. The second-order valence-corrected chi connectivity index (χ2v) is 5.93. The highest BCUT2D eigenvalue weighted by atomic mass is 79.9.